The van der Waals surface area contributed by atoms with Crippen molar-refractivity contribution in [1.29, 1.82) is 0 Å². The third kappa shape index (κ3) is 4.29. The molecule has 1 fully saturated rings. The van der Waals surface area contributed by atoms with Crippen LogP contribution in [0.4, 0.5) is 8.78 Å². The molecule has 144 valence electrons. The molecule has 7 nitrogen and oxygen atoms in total. The van der Waals surface area contributed by atoms with E-state index in [-0.39, 0.29) is 6.42 Å². The first-order valence-electron chi connectivity index (χ1n) is 8.62. The fourth-order valence-electron chi connectivity index (χ4n) is 2.74. The number of nitrogens with one attached hydrogen (secondary N) is 1. The van der Waals surface area contributed by atoms with Crippen LogP contribution in [0.2, 0.25) is 0 Å². The summed E-state index contributed by atoms with van der Waals surface area (Å²) in [6.45, 7) is 1.12. The van der Waals surface area contributed by atoms with Crippen LogP contribution in [0.15, 0.2) is 22.7 Å². The van der Waals surface area contributed by atoms with Crippen molar-refractivity contribution in [2.45, 2.75) is 50.5 Å². The molecule has 0 bridgehead atoms. The number of aliphatic carboxylic acids is 1. The SMILES string of the molecule is C[C@](NC(=O)CCCc1nc(C2CC2)no1)(C(=O)O)c1cc(F)ccc1F. The maximum atomic E-state index is 14.0. The lowest BCUT2D eigenvalue weighted by Crippen LogP contribution is -2.50. The van der Waals surface area contributed by atoms with Crippen LogP contribution in [0.1, 0.15) is 55.8 Å². The van der Waals surface area contributed by atoms with Crippen molar-refractivity contribution in [3.63, 3.8) is 0 Å². The Kier molecular flexibility index (Phi) is 5.20. The number of nitrogens with zero attached hydrogens (tertiary/aromatic N) is 2. The summed E-state index contributed by atoms with van der Waals surface area (Å²) in [6, 6.07) is 2.47. The van der Waals surface area contributed by atoms with Crippen LogP contribution in [-0.2, 0) is 21.5 Å². The Balaban J connectivity index is 1.60. The van der Waals surface area contributed by atoms with Gasteiger partial charge in [0.2, 0.25) is 11.8 Å². The van der Waals surface area contributed by atoms with Crippen LogP contribution < -0.4 is 5.32 Å². The van der Waals surface area contributed by atoms with E-state index in [4.69, 9.17) is 4.52 Å². The fraction of sp³-hybridized carbons (Fsp3) is 0.444. The number of halogens is 2. The molecule has 9 heteroatoms. The van der Waals surface area contributed by atoms with Crippen LogP contribution in [-0.4, -0.2) is 27.1 Å². The minimum Gasteiger partial charge on any atom is -0.479 e. The van der Waals surface area contributed by atoms with Crippen LogP contribution in [0.3, 0.4) is 0 Å². The summed E-state index contributed by atoms with van der Waals surface area (Å²) in [5, 5.41) is 15.6. The summed E-state index contributed by atoms with van der Waals surface area (Å²) in [6.07, 6.45) is 2.78. The highest BCUT2D eigenvalue weighted by Crippen LogP contribution is 2.38. The molecule has 0 saturated heterocycles. The summed E-state index contributed by atoms with van der Waals surface area (Å²) in [5.74, 6) is -2.35. The second-order valence-electron chi connectivity index (χ2n) is 6.78. The molecular weight excluding hydrogens is 360 g/mol. The third-order valence-electron chi connectivity index (χ3n) is 4.51. The molecule has 3 rings (SSSR count). The van der Waals surface area contributed by atoms with Gasteiger partial charge in [-0.05, 0) is 44.4 Å². The van der Waals surface area contributed by atoms with Gasteiger partial charge >= 0.3 is 5.97 Å². The number of rotatable bonds is 8. The van der Waals surface area contributed by atoms with Crippen LogP contribution in [0.5, 0.6) is 0 Å². The van der Waals surface area contributed by atoms with E-state index >= 15 is 0 Å². The van der Waals surface area contributed by atoms with E-state index < -0.39 is 34.6 Å². The molecule has 1 aliphatic rings. The smallest absolute Gasteiger partial charge is 0.333 e. The normalized spacial score (nSPS) is 16.0. The zero-order valence-electron chi connectivity index (χ0n) is 14.7. The molecule has 0 radical (unpaired) electrons. The monoisotopic (exact) mass is 379 g/mol. The number of aryl methyl sites for hydroxylation is 1. The molecule has 1 saturated carbocycles. The van der Waals surface area contributed by atoms with Gasteiger partial charge in [0, 0.05) is 24.3 Å². The van der Waals surface area contributed by atoms with Crippen molar-refractivity contribution in [2.75, 3.05) is 0 Å². The summed E-state index contributed by atoms with van der Waals surface area (Å²) in [4.78, 5) is 28.1. The first-order valence-corrected chi connectivity index (χ1v) is 8.62. The summed E-state index contributed by atoms with van der Waals surface area (Å²) >= 11 is 0. The van der Waals surface area contributed by atoms with Crippen molar-refractivity contribution in [3.05, 3.63) is 47.1 Å². The highest BCUT2D eigenvalue weighted by Gasteiger charge is 2.39. The lowest BCUT2D eigenvalue weighted by atomic mass is 9.91. The van der Waals surface area contributed by atoms with Crippen LogP contribution in [0.25, 0.3) is 0 Å². The Morgan fingerprint density at radius 2 is 2.11 bits per heavy atom. The molecule has 2 N–H and O–H groups in total. The molecule has 1 heterocycles. The van der Waals surface area contributed by atoms with Crippen molar-refractivity contribution in [2.24, 2.45) is 0 Å². The Labute approximate surface area is 153 Å². The van der Waals surface area contributed by atoms with Gasteiger partial charge in [-0.3, -0.25) is 4.79 Å². The first-order chi connectivity index (χ1) is 12.8. The highest BCUT2D eigenvalue weighted by atomic mass is 19.1. The summed E-state index contributed by atoms with van der Waals surface area (Å²) < 4.78 is 32.6. The molecule has 1 atom stereocenters. The van der Waals surface area contributed by atoms with Gasteiger partial charge in [0.05, 0.1) is 0 Å². The largest absolute Gasteiger partial charge is 0.479 e. The number of hydrogen-bond donors (Lipinski definition) is 2. The average molecular weight is 379 g/mol. The van der Waals surface area contributed by atoms with Crippen LogP contribution >= 0.6 is 0 Å². The number of amides is 1. The third-order valence-corrected chi connectivity index (χ3v) is 4.51. The second-order valence-corrected chi connectivity index (χ2v) is 6.78. The Hall–Kier alpha value is -2.84. The van der Waals surface area contributed by atoms with E-state index in [1.54, 1.807) is 0 Å². The lowest BCUT2D eigenvalue weighted by Gasteiger charge is -2.27. The number of benzene rings is 1. The second kappa shape index (κ2) is 7.42. The van der Waals surface area contributed by atoms with Crippen molar-refractivity contribution in [1.82, 2.24) is 15.5 Å². The standard InChI is InChI=1S/C18H19F2N3O4/c1-18(17(25)26,12-9-11(19)7-8-13(12)20)22-14(24)3-2-4-15-21-16(23-27-15)10-5-6-10/h7-10H,2-6H2,1H3,(H,22,24)(H,25,26)/t18-/m1/s1. The predicted octanol–water partition coefficient (Wildman–Crippen LogP) is 2.66. The first kappa shape index (κ1) is 18.9. The molecule has 0 unspecified atom stereocenters. The van der Waals surface area contributed by atoms with Gasteiger partial charge in [-0.2, -0.15) is 4.98 Å². The van der Waals surface area contributed by atoms with E-state index in [0.717, 1.165) is 38.0 Å². The maximum absolute atomic E-state index is 14.0. The van der Waals surface area contributed by atoms with Gasteiger partial charge in [-0.15, -0.1) is 0 Å². The molecule has 27 heavy (non-hydrogen) atoms. The molecule has 1 aliphatic carbocycles. The maximum Gasteiger partial charge on any atom is 0.333 e. The van der Waals surface area contributed by atoms with Crippen molar-refractivity contribution >= 4 is 11.9 Å². The summed E-state index contributed by atoms with van der Waals surface area (Å²) in [7, 11) is 0. The minimum absolute atomic E-state index is 0.0268. The van der Waals surface area contributed by atoms with E-state index in [1.807, 2.05) is 0 Å². The van der Waals surface area contributed by atoms with Gasteiger partial charge in [-0.1, -0.05) is 5.16 Å². The number of carboxylic acid groups (broad SMARTS) is 1. The molecule has 1 aromatic carbocycles. The molecule has 1 amide bonds. The van der Waals surface area contributed by atoms with E-state index in [2.05, 4.69) is 15.5 Å². The van der Waals surface area contributed by atoms with E-state index in [1.165, 1.54) is 0 Å². The van der Waals surface area contributed by atoms with Crippen LogP contribution in [0, 0.1) is 11.6 Å². The quantitative estimate of drug-likeness (QED) is 0.731. The molecule has 1 aromatic heterocycles. The summed E-state index contributed by atoms with van der Waals surface area (Å²) in [5.41, 5.74) is -2.54. The van der Waals surface area contributed by atoms with Gasteiger partial charge in [0.25, 0.3) is 0 Å². The topological polar surface area (TPSA) is 105 Å². The highest BCUT2D eigenvalue weighted by molar-refractivity contribution is 5.87. The van der Waals surface area contributed by atoms with E-state index in [9.17, 15) is 23.5 Å². The van der Waals surface area contributed by atoms with Gasteiger partial charge in [0.15, 0.2) is 11.4 Å². The van der Waals surface area contributed by atoms with Gasteiger partial charge in [-0.25, -0.2) is 13.6 Å². The zero-order chi connectivity index (χ0) is 19.6. The zero-order valence-corrected chi connectivity index (χ0v) is 14.7. The van der Waals surface area contributed by atoms with Gasteiger partial charge < -0.3 is 14.9 Å². The average Bonchev–Trinajstić information content (AvgIpc) is 3.36. The number of aromatic nitrogens is 2. The number of carbonyl (C=O) groups excluding carboxylic acids is 1. The minimum atomic E-state index is -2.09. The van der Waals surface area contributed by atoms with Crippen molar-refractivity contribution in [3.8, 4) is 0 Å². The molecule has 0 aliphatic heterocycles. The lowest BCUT2D eigenvalue weighted by molar-refractivity contribution is -0.147. The Morgan fingerprint density at radius 1 is 1.37 bits per heavy atom. The van der Waals surface area contributed by atoms with E-state index in [0.29, 0.717) is 30.5 Å². The number of carbonyl (C=O) groups is 2. The molecule has 0 spiro atoms. The number of carboxylic acids is 1. The Bertz CT molecular complexity index is 866. The number of hydrogen-bond acceptors (Lipinski definition) is 5. The fourth-order valence-corrected chi connectivity index (χ4v) is 2.74. The van der Waals surface area contributed by atoms with Gasteiger partial charge in [0.1, 0.15) is 11.6 Å². The molecular formula is C18H19F2N3O4. The Morgan fingerprint density at radius 3 is 2.78 bits per heavy atom. The molecule has 2 aromatic rings. The predicted molar refractivity (Wildman–Crippen MR) is 88.7 cm³/mol. The van der Waals surface area contributed by atoms with Crippen molar-refractivity contribution < 1.29 is 28.0 Å².